The van der Waals surface area contributed by atoms with Gasteiger partial charge in [0.05, 0.1) is 15.6 Å². The molecule has 1 heterocycles. The number of nitrogens with one attached hydrogen (secondary N) is 3. The Bertz CT molecular complexity index is 899. The zero-order valence-electron chi connectivity index (χ0n) is 12.4. The molecule has 26 heavy (non-hydrogen) atoms. The number of nitrogens with zero attached hydrogens (tertiary/aromatic N) is 2. The van der Waals surface area contributed by atoms with Crippen LogP contribution in [0.4, 0.5) is 29.3 Å². The number of rotatable bonds is 3. The van der Waals surface area contributed by atoms with Gasteiger partial charge in [0.25, 0.3) is 0 Å². The molecule has 12 heteroatoms. The van der Waals surface area contributed by atoms with Crippen LogP contribution in [0.25, 0.3) is 0 Å². The highest BCUT2D eigenvalue weighted by atomic mass is 35.5. The monoisotopic (exact) mass is 423 g/mol. The van der Waals surface area contributed by atoms with Gasteiger partial charge in [0.1, 0.15) is 11.8 Å². The molecule has 2 rings (SSSR count). The van der Waals surface area contributed by atoms with E-state index in [0.29, 0.717) is 0 Å². The lowest BCUT2D eigenvalue weighted by Crippen LogP contribution is -2.34. The Morgan fingerprint density at radius 2 is 1.88 bits per heavy atom. The van der Waals surface area contributed by atoms with Crippen molar-refractivity contribution in [1.82, 2.24) is 10.4 Å². The number of hydrogen-bond donors (Lipinski definition) is 3. The zero-order valence-corrected chi connectivity index (χ0v) is 14.6. The topological polar surface area (TPSA) is 89.8 Å². The molecule has 0 radical (unpaired) electrons. The number of benzene rings is 1. The Kier molecular flexibility index (Phi) is 6.02. The second-order valence-electron chi connectivity index (χ2n) is 4.65. The second-order valence-corrected chi connectivity index (χ2v) is 5.76. The molecule has 2 amide bonds. The van der Waals surface area contributed by atoms with E-state index in [-0.39, 0.29) is 32.3 Å². The predicted molar refractivity (Wildman–Crippen MR) is 91.2 cm³/mol. The number of carbonyl (C=O) groups is 1. The number of urea groups is 1. The van der Waals surface area contributed by atoms with Crippen LogP contribution >= 0.6 is 34.8 Å². The van der Waals surface area contributed by atoms with Crippen LogP contribution < -0.4 is 16.2 Å². The number of anilines is 2. The number of halogens is 6. The quantitative estimate of drug-likeness (QED) is 0.473. The zero-order chi connectivity index (χ0) is 19.5. The van der Waals surface area contributed by atoms with Gasteiger partial charge in [-0.15, -0.1) is 0 Å². The number of nitriles is 1. The summed E-state index contributed by atoms with van der Waals surface area (Å²) in [5, 5.41) is 10.4. The average molecular weight is 425 g/mol. The fraction of sp³-hybridized carbons (Fsp3) is 0.0714. The first kappa shape index (κ1) is 19.9. The van der Waals surface area contributed by atoms with Crippen molar-refractivity contribution >= 4 is 52.2 Å². The summed E-state index contributed by atoms with van der Waals surface area (Å²) in [6, 6.07) is 4.83. The summed E-state index contributed by atoms with van der Waals surface area (Å²) in [4.78, 5) is 15.5. The van der Waals surface area contributed by atoms with E-state index in [9.17, 15) is 18.0 Å². The highest BCUT2D eigenvalue weighted by Gasteiger charge is 2.30. The second kappa shape index (κ2) is 7.86. The molecule has 0 fully saturated rings. The lowest BCUT2D eigenvalue weighted by atomic mass is 10.2. The SMILES string of the molecule is N#Cc1nc(Cl)c(NNC(=O)Nc2cccc(C(F)(F)F)c2)c(Cl)c1Cl. The van der Waals surface area contributed by atoms with E-state index in [2.05, 4.69) is 21.2 Å². The molecule has 0 aliphatic heterocycles. The Morgan fingerprint density at radius 1 is 1.19 bits per heavy atom. The van der Waals surface area contributed by atoms with E-state index >= 15 is 0 Å². The minimum absolute atomic E-state index is 0.0866. The summed E-state index contributed by atoms with van der Waals surface area (Å²) >= 11 is 17.6. The molecule has 0 aliphatic carbocycles. The van der Waals surface area contributed by atoms with Crippen LogP contribution in [0.5, 0.6) is 0 Å². The van der Waals surface area contributed by atoms with Gasteiger partial charge in [-0.25, -0.2) is 9.78 Å². The third-order valence-corrected chi connectivity index (χ3v) is 4.01. The maximum Gasteiger partial charge on any atom is 0.416 e. The molecule has 0 bridgehead atoms. The van der Waals surface area contributed by atoms with Gasteiger partial charge in [-0.1, -0.05) is 40.9 Å². The molecular weight excluding hydrogens is 418 g/mol. The highest BCUT2D eigenvalue weighted by Crippen LogP contribution is 2.36. The standard InChI is InChI=1S/C14H7Cl3F3N5O/c15-9-8(5-21)23-12(17)11(10(9)16)24-25-13(26)22-7-3-1-2-6(4-7)14(18,19)20/h1-4,24H,(H2,22,25,26). The largest absolute Gasteiger partial charge is 0.416 e. The molecular formula is C14H7Cl3F3N5O. The summed E-state index contributed by atoms with van der Waals surface area (Å²) in [6.45, 7) is 0. The number of pyridine rings is 1. The number of alkyl halides is 3. The summed E-state index contributed by atoms with van der Waals surface area (Å²) < 4.78 is 38.0. The van der Waals surface area contributed by atoms with Gasteiger partial charge in [-0.3, -0.25) is 10.9 Å². The number of amides is 2. The van der Waals surface area contributed by atoms with Gasteiger partial charge in [-0.2, -0.15) is 18.4 Å². The smallest absolute Gasteiger partial charge is 0.307 e. The molecule has 0 atom stereocenters. The minimum atomic E-state index is -4.54. The fourth-order valence-corrected chi connectivity index (χ4v) is 2.42. The Labute approximate surface area is 159 Å². The molecule has 1 aromatic carbocycles. The molecule has 2 aromatic rings. The molecule has 0 saturated carbocycles. The first-order valence-electron chi connectivity index (χ1n) is 6.58. The third kappa shape index (κ3) is 4.60. The van der Waals surface area contributed by atoms with E-state index in [0.717, 1.165) is 18.2 Å². The Balaban J connectivity index is 2.09. The van der Waals surface area contributed by atoms with Crippen molar-refractivity contribution in [2.24, 2.45) is 0 Å². The lowest BCUT2D eigenvalue weighted by Gasteiger charge is -2.14. The molecule has 0 saturated heterocycles. The van der Waals surface area contributed by atoms with Crippen LogP contribution in [-0.2, 0) is 6.18 Å². The molecule has 0 unspecified atom stereocenters. The number of carbonyl (C=O) groups excluding carboxylic acids is 1. The average Bonchev–Trinajstić information content (AvgIpc) is 2.57. The summed E-state index contributed by atoms with van der Waals surface area (Å²) in [5.41, 5.74) is 3.15. The molecule has 0 spiro atoms. The lowest BCUT2D eigenvalue weighted by molar-refractivity contribution is -0.137. The number of aromatic nitrogens is 1. The van der Waals surface area contributed by atoms with Crippen LogP contribution in [0.2, 0.25) is 15.2 Å². The van der Waals surface area contributed by atoms with Crippen molar-refractivity contribution in [3.05, 3.63) is 50.7 Å². The first-order chi connectivity index (χ1) is 12.1. The van der Waals surface area contributed by atoms with Crippen LogP contribution in [-0.4, -0.2) is 11.0 Å². The van der Waals surface area contributed by atoms with Crippen LogP contribution in [0.15, 0.2) is 24.3 Å². The Hall–Kier alpha value is -2.41. The van der Waals surface area contributed by atoms with Crippen molar-refractivity contribution in [3.8, 4) is 6.07 Å². The maximum atomic E-state index is 12.7. The van der Waals surface area contributed by atoms with E-state index < -0.39 is 17.8 Å². The molecule has 3 N–H and O–H groups in total. The van der Waals surface area contributed by atoms with Gasteiger partial charge >= 0.3 is 12.2 Å². The van der Waals surface area contributed by atoms with Gasteiger partial charge in [-0.05, 0) is 18.2 Å². The summed E-state index contributed by atoms with van der Waals surface area (Å²) in [7, 11) is 0. The van der Waals surface area contributed by atoms with Crippen molar-refractivity contribution in [1.29, 1.82) is 5.26 Å². The normalized spacial score (nSPS) is 10.8. The van der Waals surface area contributed by atoms with Crippen molar-refractivity contribution in [3.63, 3.8) is 0 Å². The first-order valence-corrected chi connectivity index (χ1v) is 7.71. The number of hydrazine groups is 1. The van der Waals surface area contributed by atoms with Crippen molar-refractivity contribution < 1.29 is 18.0 Å². The number of hydrogen-bond acceptors (Lipinski definition) is 4. The van der Waals surface area contributed by atoms with Crippen LogP contribution in [0.3, 0.4) is 0 Å². The molecule has 6 nitrogen and oxygen atoms in total. The third-order valence-electron chi connectivity index (χ3n) is 2.89. The van der Waals surface area contributed by atoms with Crippen LogP contribution in [0.1, 0.15) is 11.3 Å². The van der Waals surface area contributed by atoms with Gasteiger partial charge in [0, 0.05) is 5.69 Å². The van der Waals surface area contributed by atoms with E-state index in [1.54, 1.807) is 6.07 Å². The predicted octanol–water partition coefficient (Wildman–Crippen LogP) is 5.08. The van der Waals surface area contributed by atoms with E-state index in [1.165, 1.54) is 6.07 Å². The van der Waals surface area contributed by atoms with Crippen molar-refractivity contribution in [2.75, 3.05) is 10.7 Å². The fourth-order valence-electron chi connectivity index (χ4n) is 1.74. The van der Waals surface area contributed by atoms with Gasteiger partial charge in [0.15, 0.2) is 10.8 Å². The summed E-state index contributed by atoms with van der Waals surface area (Å²) in [5.74, 6) is 0. The van der Waals surface area contributed by atoms with Crippen LogP contribution in [0, 0.1) is 11.3 Å². The van der Waals surface area contributed by atoms with E-state index in [4.69, 9.17) is 40.1 Å². The molecule has 1 aromatic heterocycles. The van der Waals surface area contributed by atoms with Crippen molar-refractivity contribution in [2.45, 2.75) is 6.18 Å². The maximum absolute atomic E-state index is 12.7. The molecule has 0 aliphatic rings. The van der Waals surface area contributed by atoms with E-state index in [1.807, 2.05) is 0 Å². The summed E-state index contributed by atoms with van der Waals surface area (Å²) in [6.07, 6.45) is -4.54. The van der Waals surface area contributed by atoms with Gasteiger partial charge in [0.2, 0.25) is 0 Å². The minimum Gasteiger partial charge on any atom is -0.307 e. The van der Waals surface area contributed by atoms with Gasteiger partial charge < -0.3 is 5.32 Å². The molecule has 136 valence electrons. The Morgan fingerprint density at radius 3 is 2.50 bits per heavy atom. The highest BCUT2D eigenvalue weighted by molar-refractivity contribution is 6.46.